The molecule has 1 saturated heterocycles. The Morgan fingerprint density at radius 1 is 1.30 bits per heavy atom. The van der Waals surface area contributed by atoms with Crippen molar-refractivity contribution in [3.63, 3.8) is 0 Å². The van der Waals surface area contributed by atoms with Crippen LogP contribution in [0, 0.1) is 0 Å². The van der Waals surface area contributed by atoms with Crippen LogP contribution >= 0.6 is 24.2 Å². The molecule has 1 heterocycles. The summed E-state index contributed by atoms with van der Waals surface area (Å²) in [6.45, 7) is 2.15. The fourth-order valence-corrected chi connectivity index (χ4v) is 3.30. The fourth-order valence-electron chi connectivity index (χ4n) is 2.76. The number of rotatable bonds is 5. The van der Waals surface area contributed by atoms with Crippen molar-refractivity contribution in [2.24, 2.45) is 5.73 Å². The fraction of sp³-hybridized carbons (Fsp3) is 0.600. The van der Waals surface area contributed by atoms with Crippen LogP contribution in [0.4, 0.5) is 13.2 Å². The molecule has 0 amide bonds. The number of nitrogens with zero attached hydrogens (tertiary/aromatic N) is 1. The van der Waals surface area contributed by atoms with Crippen LogP contribution in [0.5, 0.6) is 0 Å². The number of piperidine rings is 1. The molecule has 132 valence electrons. The van der Waals surface area contributed by atoms with Gasteiger partial charge in [-0.1, -0.05) is 12.1 Å². The Morgan fingerprint density at radius 3 is 2.48 bits per heavy atom. The molecule has 8 heteroatoms. The summed E-state index contributed by atoms with van der Waals surface area (Å²) in [5.74, 6) is 0. The summed E-state index contributed by atoms with van der Waals surface area (Å²) >= 11 is -0.0863. The molecular weight excluding hydrogens is 349 g/mol. The summed E-state index contributed by atoms with van der Waals surface area (Å²) in [5.41, 5.74) is 2.59. The van der Waals surface area contributed by atoms with Crippen LogP contribution in [0.2, 0.25) is 0 Å². The van der Waals surface area contributed by atoms with Crippen molar-refractivity contribution in [1.82, 2.24) is 4.90 Å². The Balaban J connectivity index is 0.00000264. The highest BCUT2D eigenvalue weighted by atomic mass is 35.5. The van der Waals surface area contributed by atoms with Gasteiger partial charge < -0.3 is 10.5 Å². The molecule has 2 rings (SSSR count). The van der Waals surface area contributed by atoms with E-state index in [1.54, 1.807) is 19.2 Å². The Hall–Kier alpha value is -0.470. The second kappa shape index (κ2) is 9.13. The van der Waals surface area contributed by atoms with Crippen LogP contribution in [0.1, 0.15) is 18.4 Å². The average molecular weight is 371 g/mol. The molecule has 0 spiro atoms. The molecule has 0 aromatic heterocycles. The molecule has 2 unspecified atom stereocenters. The third-order valence-corrected chi connectivity index (χ3v) is 4.68. The maximum Gasteiger partial charge on any atom is 0.446 e. The van der Waals surface area contributed by atoms with Gasteiger partial charge in [-0.15, -0.1) is 12.4 Å². The van der Waals surface area contributed by atoms with Crippen LogP contribution < -0.4 is 5.73 Å². The number of nitrogens with two attached hydrogens (primary N) is 1. The van der Waals surface area contributed by atoms with Crippen molar-refractivity contribution in [2.75, 3.05) is 20.2 Å². The molecular formula is C15H22ClF3N2OS. The van der Waals surface area contributed by atoms with Crippen LogP contribution in [0.15, 0.2) is 29.2 Å². The van der Waals surface area contributed by atoms with Gasteiger partial charge in [-0.2, -0.15) is 13.2 Å². The number of methoxy groups -OCH3 is 1. The molecule has 0 radical (unpaired) electrons. The van der Waals surface area contributed by atoms with Gasteiger partial charge in [0.25, 0.3) is 0 Å². The highest BCUT2D eigenvalue weighted by molar-refractivity contribution is 8.00. The zero-order valence-electron chi connectivity index (χ0n) is 12.9. The van der Waals surface area contributed by atoms with Crippen LogP contribution in [-0.2, 0) is 11.3 Å². The van der Waals surface area contributed by atoms with Crippen molar-refractivity contribution >= 4 is 24.2 Å². The van der Waals surface area contributed by atoms with Crippen LogP contribution in [0.25, 0.3) is 0 Å². The number of ether oxygens (including phenoxy) is 1. The minimum absolute atomic E-state index is 0. The minimum atomic E-state index is -4.24. The first-order valence-corrected chi connectivity index (χ1v) is 8.04. The summed E-state index contributed by atoms with van der Waals surface area (Å²) in [7, 11) is 1.71. The zero-order valence-corrected chi connectivity index (χ0v) is 14.5. The molecule has 1 fully saturated rings. The molecule has 0 bridgehead atoms. The monoisotopic (exact) mass is 370 g/mol. The normalized spacial score (nSPS) is 22.7. The largest absolute Gasteiger partial charge is 0.446 e. The molecule has 1 aliphatic rings. The SMILES string of the molecule is COC1CCN(Cc2ccc(SC(F)(F)F)cc2)C(CN)C1.Cl. The van der Waals surface area contributed by atoms with Crippen molar-refractivity contribution in [3.8, 4) is 0 Å². The Kier molecular flexibility index (Phi) is 8.17. The molecule has 2 atom stereocenters. The summed E-state index contributed by atoms with van der Waals surface area (Å²) in [4.78, 5) is 2.49. The quantitative estimate of drug-likeness (QED) is 0.803. The number of hydrogen-bond donors (Lipinski definition) is 1. The van der Waals surface area contributed by atoms with E-state index in [0.29, 0.717) is 13.1 Å². The van der Waals surface area contributed by atoms with Gasteiger partial charge in [0.2, 0.25) is 0 Å². The number of halogens is 4. The Bertz CT molecular complexity index is 473. The Labute approximate surface area is 145 Å². The Morgan fingerprint density at radius 2 is 1.96 bits per heavy atom. The first-order chi connectivity index (χ1) is 10.4. The van der Waals surface area contributed by atoms with Gasteiger partial charge >= 0.3 is 5.51 Å². The van der Waals surface area contributed by atoms with E-state index in [1.165, 1.54) is 12.1 Å². The smallest absolute Gasteiger partial charge is 0.381 e. The van der Waals surface area contributed by atoms with E-state index >= 15 is 0 Å². The number of thioether (sulfide) groups is 1. The van der Waals surface area contributed by atoms with E-state index in [-0.39, 0.29) is 41.2 Å². The summed E-state index contributed by atoms with van der Waals surface area (Å²) < 4.78 is 42.3. The van der Waals surface area contributed by atoms with E-state index < -0.39 is 5.51 Å². The molecule has 23 heavy (non-hydrogen) atoms. The standard InChI is InChI=1S/C15H21F3N2OS.ClH/c1-21-13-6-7-20(12(8-13)9-19)10-11-2-4-14(5-3-11)22-15(16,17)18;/h2-5,12-13H,6-10,19H2,1H3;1H. The first-order valence-electron chi connectivity index (χ1n) is 7.23. The van der Waals surface area contributed by atoms with Crippen molar-refractivity contribution in [3.05, 3.63) is 29.8 Å². The van der Waals surface area contributed by atoms with Crippen molar-refractivity contribution < 1.29 is 17.9 Å². The molecule has 1 aliphatic heterocycles. The number of hydrogen-bond acceptors (Lipinski definition) is 4. The van der Waals surface area contributed by atoms with Gasteiger partial charge in [0.1, 0.15) is 0 Å². The maximum absolute atomic E-state index is 12.3. The van der Waals surface area contributed by atoms with E-state index in [0.717, 1.165) is 24.9 Å². The predicted molar refractivity (Wildman–Crippen MR) is 88.9 cm³/mol. The number of alkyl halides is 3. The molecule has 1 aromatic rings. The lowest BCUT2D eigenvalue weighted by Gasteiger charge is -2.38. The highest BCUT2D eigenvalue weighted by Crippen LogP contribution is 2.36. The van der Waals surface area contributed by atoms with Gasteiger partial charge in [-0.05, 0) is 42.3 Å². The third kappa shape index (κ3) is 6.51. The van der Waals surface area contributed by atoms with E-state index in [9.17, 15) is 13.2 Å². The van der Waals surface area contributed by atoms with Crippen molar-refractivity contribution in [2.45, 2.75) is 41.9 Å². The third-order valence-electron chi connectivity index (χ3n) is 3.94. The topological polar surface area (TPSA) is 38.5 Å². The summed E-state index contributed by atoms with van der Waals surface area (Å²) in [6.07, 6.45) is 2.10. The highest BCUT2D eigenvalue weighted by Gasteiger charge is 2.29. The first kappa shape index (κ1) is 20.6. The van der Waals surface area contributed by atoms with Gasteiger partial charge in [0.15, 0.2) is 0 Å². The van der Waals surface area contributed by atoms with Gasteiger partial charge in [-0.25, -0.2) is 0 Å². The lowest BCUT2D eigenvalue weighted by molar-refractivity contribution is -0.0328. The van der Waals surface area contributed by atoms with E-state index in [1.807, 2.05) is 0 Å². The summed E-state index contributed by atoms with van der Waals surface area (Å²) in [6, 6.07) is 6.80. The molecule has 3 nitrogen and oxygen atoms in total. The maximum atomic E-state index is 12.3. The van der Waals surface area contributed by atoms with Crippen LogP contribution in [0.3, 0.4) is 0 Å². The lowest BCUT2D eigenvalue weighted by atomic mass is 9.98. The van der Waals surface area contributed by atoms with Crippen molar-refractivity contribution in [1.29, 1.82) is 0 Å². The predicted octanol–water partition coefficient (Wildman–Crippen LogP) is 3.66. The van der Waals surface area contributed by atoms with Gasteiger partial charge in [-0.3, -0.25) is 4.90 Å². The number of benzene rings is 1. The van der Waals surface area contributed by atoms with Crippen LogP contribution in [-0.4, -0.2) is 42.8 Å². The second-order valence-electron chi connectivity index (χ2n) is 5.43. The second-order valence-corrected chi connectivity index (χ2v) is 6.57. The van der Waals surface area contributed by atoms with E-state index in [2.05, 4.69) is 4.90 Å². The molecule has 0 aliphatic carbocycles. The minimum Gasteiger partial charge on any atom is -0.381 e. The molecule has 0 saturated carbocycles. The molecule has 2 N–H and O–H groups in total. The number of likely N-dealkylation sites (tertiary alicyclic amines) is 1. The summed E-state index contributed by atoms with van der Waals surface area (Å²) in [5, 5.41) is 0. The van der Waals surface area contributed by atoms with Gasteiger partial charge in [0, 0.05) is 37.7 Å². The van der Waals surface area contributed by atoms with Gasteiger partial charge in [0.05, 0.1) is 6.10 Å². The lowest BCUT2D eigenvalue weighted by Crippen LogP contribution is -2.47. The van der Waals surface area contributed by atoms with E-state index in [4.69, 9.17) is 10.5 Å². The molecule has 1 aromatic carbocycles. The average Bonchev–Trinajstić information content (AvgIpc) is 2.48. The zero-order chi connectivity index (χ0) is 16.2.